The van der Waals surface area contributed by atoms with Gasteiger partial charge in [-0.1, -0.05) is 200 Å². The molecule has 14 rings (SSSR count). The van der Waals surface area contributed by atoms with E-state index in [2.05, 4.69) is 266 Å². The molecule has 0 saturated heterocycles. The Morgan fingerprint density at radius 2 is 0.714 bits per heavy atom. The fraction of sp³-hybridized carbons (Fsp3) is 0.0149. The smallest absolute Gasteiger partial charge is 0.136 e. The van der Waals surface area contributed by atoms with E-state index in [9.17, 15) is 0 Å². The van der Waals surface area contributed by atoms with Crippen LogP contribution in [0.1, 0.15) is 22.3 Å². The zero-order valence-electron chi connectivity index (χ0n) is 38.1. The second-order valence-electron chi connectivity index (χ2n) is 18.3. The highest BCUT2D eigenvalue weighted by Crippen LogP contribution is 2.59. The van der Waals surface area contributed by atoms with Crippen molar-refractivity contribution < 1.29 is 8.83 Å². The summed E-state index contributed by atoms with van der Waals surface area (Å²) in [5.41, 5.74) is 20.3. The second kappa shape index (κ2) is 16.0. The first-order chi connectivity index (χ1) is 34.7. The van der Waals surface area contributed by atoms with Crippen LogP contribution < -0.4 is 4.90 Å². The maximum Gasteiger partial charge on any atom is 0.136 e. The quantitative estimate of drug-likeness (QED) is 0.152. The van der Waals surface area contributed by atoms with Crippen molar-refractivity contribution in [1.82, 2.24) is 0 Å². The first kappa shape index (κ1) is 39.9. The lowest BCUT2D eigenvalue weighted by atomic mass is 9.67. The number of benzene rings is 11. The lowest BCUT2D eigenvalue weighted by Crippen LogP contribution is -2.28. The minimum absolute atomic E-state index is 0.635. The van der Waals surface area contributed by atoms with Crippen LogP contribution >= 0.6 is 0 Å². The van der Waals surface area contributed by atoms with Gasteiger partial charge in [-0.15, -0.1) is 0 Å². The second-order valence-corrected chi connectivity index (χ2v) is 18.3. The molecule has 70 heavy (non-hydrogen) atoms. The van der Waals surface area contributed by atoms with E-state index in [1.165, 1.54) is 44.5 Å². The summed E-state index contributed by atoms with van der Waals surface area (Å²) in [5.74, 6) is 0. The lowest BCUT2D eigenvalue weighted by molar-refractivity contribution is 0.668. The average Bonchev–Trinajstić information content (AvgIpc) is 4.10. The molecule has 0 N–H and O–H groups in total. The van der Waals surface area contributed by atoms with Gasteiger partial charge in [0.1, 0.15) is 22.3 Å². The summed E-state index contributed by atoms with van der Waals surface area (Å²) in [7, 11) is 0. The third kappa shape index (κ3) is 6.08. The molecule has 11 aromatic carbocycles. The average molecular weight is 894 g/mol. The van der Waals surface area contributed by atoms with Gasteiger partial charge in [0.25, 0.3) is 0 Å². The summed E-state index contributed by atoms with van der Waals surface area (Å²) < 4.78 is 13.3. The molecule has 0 bridgehead atoms. The number of hydrogen-bond donors (Lipinski definition) is 0. The number of hydrogen-bond acceptors (Lipinski definition) is 3. The Morgan fingerprint density at radius 3 is 1.30 bits per heavy atom. The van der Waals surface area contributed by atoms with Crippen LogP contribution in [0, 0.1) is 0 Å². The van der Waals surface area contributed by atoms with E-state index < -0.39 is 5.41 Å². The van der Waals surface area contributed by atoms with Crippen LogP contribution in [0.15, 0.2) is 270 Å². The maximum absolute atomic E-state index is 6.64. The predicted octanol–water partition coefficient (Wildman–Crippen LogP) is 18.3. The summed E-state index contributed by atoms with van der Waals surface area (Å²) >= 11 is 0. The molecular weight excluding hydrogens is 851 g/mol. The van der Waals surface area contributed by atoms with Crippen molar-refractivity contribution in [3.8, 4) is 44.5 Å². The Balaban J connectivity index is 1.04. The lowest BCUT2D eigenvalue weighted by Gasteiger charge is -2.35. The van der Waals surface area contributed by atoms with Gasteiger partial charge in [-0.25, -0.2) is 0 Å². The minimum Gasteiger partial charge on any atom is -0.456 e. The monoisotopic (exact) mass is 893 g/mol. The molecular formula is C67H43NO2. The van der Waals surface area contributed by atoms with Crippen molar-refractivity contribution in [2.24, 2.45) is 0 Å². The Bertz CT molecular complexity index is 3960. The van der Waals surface area contributed by atoms with Crippen molar-refractivity contribution in [2.75, 3.05) is 4.90 Å². The van der Waals surface area contributed by atoms with E-state index in [1.807, 2.05) is 0 Å². The molecule has 1 atom stereocenters. The van der Waals surface area contributed by atoms with Crippen LogP contribution in [-0.2, 0) is 5.41 Å². The van der Waals surface area contributed by atoms with E-state index in [4.69, 9.17) is 8.83 Å². The molecule has 0 radical (unpaired) electrons. The van der Waals surface area contributed by atoms with Crippen LogP contribution in [0.4, 0.5) is 17.1 Å². The van der Waals surface area contributed by atoms with Gasteiger partial charge in [0.15, 0.2) is 0 Å². The summed E-state index contributed by atoms with van der Waals surface area (Å²) in [6, 6.07) is 94.3. The molecule has 0 fully saturated rings. The van der Waals surface area contributed by atoms with E-state index in [0.717, 1.165) is 83.2 Å². The van der Waals surface area contributed by atoms with Crippen molar-refractivity contribution in [3.05, 3.63) is 283 Å². The van der Waals surface area contributed by atoms with E-state index >= 15 is 0 Å². The van der Waals surface area contributed by atoms with Gasteiger partial charge < -0.3 is 13.7 Å². The molecule has 3 heteroatoms. The van der Waals surface area contributed by atoms with Crippen LogP contribution in [-0.4, -0.2) is 0 Å². The highest BCUT2D eigenvalue weighted by atomic mass is 16.3. The highest BCUT2D eigenvalue weighted by molar-refractivity contribution is 6.15. The Hall–Kier alpha value is -9.18. The minimum atomic E-state index is -0.635. The van der Waals surface area contributed by atoms with Crippen molar-refractivity contribution in [2.45, 2.75) is 5.41 Å². The first-order valence-corrected chi connectivity index (χ1v) is 24.0. The van der Waals surface area contributed by atoms with Gasteiger partial charge >= 0.3 is 0 Å². The Labute approximate surface area is 405 Å². The first-order valence-electron chi connectivity index (χ1n) is 24.0. The molecule has 1 aliphatic rings. The molecule has 2 aromatic heterocycles. The van der Waals surface area contributed by atoms with Crippen LogP contribution in [0.3, 0.4) is 0 Å². The van der Waals surface area contributed by atoms with Gasteiger partial charge in [0, 0.05) is 38.6 Å². The SMILES string of the molecule is c1ccc(-c2cccc3c2-c2ccccc2C3(c2ccccc2)c2cccc(N(c3ccc4oc5cccc(-c6ccccc6)c5c4c3)c3ccc4oc5cccc(-c6ccccc6)c5c4c3)c2)cc1. The molecule has 328 valence electrons. The predicted molar refractivity (Wildman–Crippen MR) is 289 cm³/mol. The fourth-order valence-electron chi connectivity index (χ4n) is 11.6. The number of nitrogens with zero attached hydrogens (tertiary/aromatic N) is 1. The van der Waals surface area contributed by atoms with E-state index in [-0.39, 0.29) is 0 Å². The molecule has 0 spiro atoms. The van der Waals surface area contributed by atoms with Gasteiger partial charge in [0.05, 0.1) is 5.41 Å². The van der Waals surface area contributed by atoms with Crippen LogP contribution in [0.2, 0.25) is 0 Å². The zero-order valence-corrected chi connectivity index (χ0v) is 38.1. The van der Waals surface area contributed by atoms with Gasteiger partial charge in [-0.3, -0.25) is 0 Å². The largest absolute Gasteiger partial charge is 0.456 e. The van der Waals surface area contributed by atoms with Crippen LogP contribution in [0.25, 0.3) is 88.4 Å². The maximum atomic E-state index is 6.64. The molecule has 3 nitrogen and oxygen atoms in total. The highest BCUT2D eigenvalue weighted by Gasteiger charge is 2.47. The van der Waals surface area contributed by atoms with Crippen molar-refractivity contribution in [3.63, 3.8) is 0 Å². The van der Waals surface area contributed by atoms with E-state index in [1.54, 1.807) is 0 Å². The molecule has 0 saturated carbocycles. The van der Waals surface area contributed by atoms with Crippen LogP contribution in [0.5, 0.6) is 0 Å². The van der Waals surface area contributed by atoms with Gasteiger partial charge in [-0.05, 0) is 127 Å². The third-order valence-electron chi connectivity index (χ3n) is 14.5. The molecule has 13 aromatic rings. The summed E-state index contributed by atoms with van der Waals surface area (Å²) in [6.07, 6.45) is 0. The Morgan fingerprint density at radius 1 is 0.286 bits per heavy atom. The Kier molecular flexibility index (Phi) is 9.11. The van der Waals surface area contributed by atoms with Gasteiger partial charge in [0.2, 0.25) is 0 Å². The third-order valence-corrected chi connectivity index (χ3v) is 14.5. The number of rotatable bonds is 8. The molecule has 1 unspecified atom stereocenters. The number of fused-ring (bicyclic) bond motifs is 9. The number of furan rings is 2. The molecule has 0 amide bonds. The molecule has 2 heterocycles. The normalized spacial score (nSPS) is 14.1. The topological polar surface area (TPSA) is 29.5 Å². The van der Waals surface area contributed by atoms with Crippen molar-refractivity contribution in [1.29, 1.82) is 0 Å². The standard InChI is InChI=1S/C67H43NO2/c1-5-19-44(20-6-1)52-30-16-34-59-64(52)55-29-13-14-33-58(55)67(59,47-25-11-4-12-26-47)48-27-15-28-49(41-48)68(50-37-39-60-56(42-50)65-53(31-17-35-62(65)69-60)45-21-7-2-8-22-45)51-38-40-61-57(43-51)66-54(32-18-36-63(66)70-61)46-23-9-3-10-24-46/h1-43H. The van der Waals surface area contributed by atoms with Crippen molar-refractivity contribution >= 4 is 60.9 Å². The molecule has 0 aliphatic heterocycles. The van der Waals surface area contributed by atoms with Gasteiger partial charge in [-0.2, -0.15) is 0 Å². The van der Waals surface area contributed by atoms with E-state index in [0.29, 0.717) is 0 Å². The zero-order chi connectivity index (χ0) is 46.2. The summed E-state index contributed by atoms with van der Waals surface area (Å²) in [6.45, 7) is 0. The summed E-state index contributed by atoms with van der Waals surface area (Å²) in [4.78, 5) is 2.41. The number of anilines is 3. The summed E-state index contributed by atoms with van der Waals surface area (Å²) in [5, 5.41) is 4.31. The fourth-order valence-corrected chi connectivity index (χ4v) is 11.6. The molecule has 1 aliphatic carbocycles.